The Labute approximate surface area is 143 Å². The van der Waals surface area contributed by atoms with Crippen molar-refractivity contribution in [2.24, 2.45) is 0 Å². The second-order valence-electron chi connectivity index (χ2n) is 5.35. The topological polar surface area (TPSA) is 51.5 Å². The van der Waals surface area contributed by atoms with Crippen molar-refractivity contribution in [2.75, 3.05) is 18.6 Å². The first-order valence-corrected chi connectivity index (χ1v) is 8.52. The van der Waals surface area contributed by atoms with Crippen molar-refractivity contribution in [1.29, 1.82) is 0 Å². The number of hydrogen-bond donors (Lipinski definition) is 0. The average Bonchev–Trinajstić information content (AvgIpc) is 2.94. The molecule has 0 aliphatic carbocycles. The molecule has 0 fully saturated rings. The minimum Gasteiger partial charge on any atom is -0.449 e. The zero-order valence-corrected chi connectivity index (χ0v) is 14.2. The van der Waals surface area contributed by atoms with E-state index < -0.39 is 6.09 Å². The Bertz CT molecular complexity index is 886. The normalized spacial score (nSPS) is 10.7. The first-order valence-electron chi connectivity index (χ1n) is 7.71. The van der Waals surface area contributed by atoms with Crippen molar-refractivity contribution in [3.8, 4) is 0 Å². The third-order valence-electron chi connectivity index (χ3n) is 3.74. The van der Waals surface area contributed by atoms with Crippen molar-refractivity contribution < 1.29 is 9.53 Å². The van der Waals surface area contributed by atoms with Gasteiger partial charge in [-0.2, -0.15) is 0 Å². The number of nitrogens with zero attached hydrogens (tertiary/aromatic N) is 2. The maximum atomic E-state index is 12.0. The van der Waals surface area contributed by atoms with E-state index in [9.17, 15) is 9.59 Å². The van der Waals surface area contributed by atoms with Crippen molar-refractivity contribution in [1.82, 2.24) is 4.57 Å². The van der Waals surface area contributed by atoms with Gasteiger partial charge in [0.05, 0.1) is 16.8 Å². The second-order valence-corrected chi connectivity index (χ2v) is 6.34. The third kappa shape index (κ3) is 3.49. The Kier molecular flexibility index (Phi) is 4.96. The third-order valence-corrected chi connectivity index (χ3v) is 4.70. The van der Waals surface area contributed by atoms with E-state index in [-0.39, 0.29) is 11.5 Å². The van der Waals surface area contributed by atoms with Gasteiger partial charge in [-0.3, -0.25) is 14.3 Å². The molecule has 5 nitrogen and oxygen atoms in total. The van der Waals surface area contributed by atoms with E-state index in [2.05, 4.69) is 0 Å². The van der Waals surface area contributed by atoms with Crippen LogP contribution in [0, 0.1) is 0 Å². The van der Waals surface area contributed by atoms with E-state index in [4.69, 9.17) is 4.74 Å². The van der Waals surface area contributed by atoms with Gasteiger partial charge >= 0.3 is 11.0 Å². The summed E-state index contributed by atoms with van der Waals surface area (Å²) >= 11 is 1.24. The summed E-state index contributed by atoms with van der Waals surface area (Å²) in [7, 11) is 1.68. The summed E-state index contributed by atoms with van der Waals surface area (Å²) in [6.45, 7) is 0.803. The Morgan fingerprint density at radius 3 is 2.62 bits per heavy atom. The number of aryl methyl sites for hydroxylation is 1. The molecule has 0 saturated carbocycles. The number of aromatic nitrogens is 1. The lowest BCUT2D eigenvalue weighted by Gasteiger charge is -2.16. The molecule has 0 radical (unpaired) electrons. The molecule has 24 heavy (non-hydrogen) atoms. The molecule has 0 unspecified atom stereocenters. The van der Waals surface area contributed by atoms with E-state index in [1.54, 1.807) is 11.6 Å². The van der Waals surface area contributed by atoms with E-state index in [1.807, 2.05) is 54.6 Å². The Morgan fingerprint density at radius 1 is 1.12 bits per heavy atom. The molecule has 3 rings (SSSR count). The number of amides is 1. The predicted molar refractivity (Wildman–Crippen MR) is 96.9 cm³/mol. The molecule has 1 aromatic heterocycles. The van der Waals surface area contributed by atoms with E-state index in [0.717, 1.165) is 15.9 Å². The van der Waals surface area contributed by atoms with Crippen LogP contribution in [-0.4, -0.2) is 24.3 Å². The standard InChI is InChI=1S/C18H18N2O3S/c1-19(14-8-3-2-4-9-14)17(21)23-13-7-12-20-15-10-5-6-11-16(15)24-18(20)22/h2-6,8-11H,7,12-13H2,1H3. The minimum atomic E-state index is -0.399. The highest BCUT2D eigenvalue weighted by molar-refractivity contribution is 7.16. The van der Waals surface area contributed by atoms with E-state index in [0.29, 0.717) is 13.0 Å². The maximum absolute atomic E-state index is 12.0. The van der Waals surface area contributed by atoms with Gasteiger partial charge in [0, 0.05) is 19.3 Å². The number of rotatable bonds is 5. The summed E-state index contributed by atoms with van der Waals surface area (Å²) < 4.78 is 7.99. The zero-order valence-electron chi connectivity index (χ0n) is 13.3. The number of carbonyl (C=O) groups is 1. The lowest BCUT2D eigenvalue weighted by atomic mass is 10.3. The van der Waals surface area contributed by atoms with Gasteiger partial charge in [0.1, 0.15) is 0 Å². The summed E-state index contributed by atoms with van der Waals surface area (Å²) in [5.41, 5.74) is 1.71. The van der Waals surface area contributed by atoms with Gasteiger partial charge in [0.2, 0.25) is 0 Å². The van der Waals surface area contributed by atoms with Gasteiger partial charge in [0.15, 0.2) is 0 Å². The number of fused-ring (bicyclic) bond motifs is 1. The smallest absolute Gasteiger partial charge is 0.414 e. The van der Waals surface area contributed by atoms with E-state index in [1.165, 1.54) is 16.2 Å². The van der Waals surface area contributed by atoms with Gasteiger partial charge < -0.3 is 4.74 Å². The molecular formula is C18H18N2O3S. The van der Waals surface area contributed by atoms with Gasteiger partial charge in [0.25, 0.3) is 0 Å². The molecule has 1 heterocycles. The largest absolute Gasteiger partial charge is 0.449 e. The molecule has 0 atom stereocenters. The molecule has 0 bridgehead atoms. The molecule has 0 saturated heterocycles. The SMILES string of the molecule is CN(C(=O)OCCCn1c(=O)sc2ccccc21)c1ccccc1. The molecule has 0 spiro atoms. The Morgan fingerprint density at radius 2 is 1.83 bits per heavy atom. The van der Waals surface area contributed by atoms with Crippen LogP contribution in [0.5, 0.6) is 0 Å². The molecule has 2 aromatic carbocycles. The van der Waals surface area contributed by atoms with Crippen LogP contribution in [0.1, 0.15) is 6.42 Å². The highest BCUT2D eigenvalue weighted by Crippen LogP contribution is 2.17. The molecule has 0 aliphatic rings. The molecule has 1 amide bonds. The quantitative estimate of drug-likeness (QED) is 0.664. The minimum absolute atomic E-state index is 0.0175. The first kappa shape index (κ1) is 16.3. The number of benzene rings is 2. The summed E-state index contributed by atoms with van der Waals surface area (Å²) in [5, 5.41) is 0. The number of ether oxygens (including phenoxy) is 1. The monoisotopic (exact) mass is 342 g/mol. The molecule has 3 aromatic rings. The second kappa shape index (κ2) is 7.31. The lowest BCUT2D eigenvalue weighted by molar-refractivity contribution is 0.152. The van der Waals surface area contributed by atoms with Crippen LogP contribution >= 0.6 is 11.3 Å². The molecule has 6 heteroatoms. The van der Waals surface area contributed by atoms with Gasteiger partial charge in [-0.05, 0) is 30.7 Å². The molecule has 0 aliphatic heterocycles. The predicted octanol–water partition coefficient (Wildman–Crippen LogP) is 3.73. The summed E-state index contributed by atoms with van der Waals surface area (Å²) in [5.74, 6) is 0. The van der Waals surface area contributed by atoms with Crippen LogP contribution in [0.4, 0.5) is 10.5 Å². The van der Waals surface area contributed by atoms with Crippen LogP contribution in [0.2, 0.25) is 0 Å². The van der Waals surface area contributed by atoms with Gasteiger partial charge in [-0.15, -0.1) is 0 Å². The van der Waals surface area contributed by atoms with Crippen molar-refractivity contribution in [2.45, 2.75) is 13.0 Å². The van der Waals surface area contributed by atoms with Crippen molar-refractivity contribution in [3.63, 3.8) is 0 Å². The zero-order chi connectivity index (χ0) is 16.9. The van der Waals surface area contributed by atoms with E-state index >= 15 is 0 Å². The Balaban J connectivity index is 1.54. The van der Waals surface area contributed by atoms with Gasteiger partial charge in [-0.1, -0.05) is 41.7 Å². The van der Waals surface area contributed by atoms with Crippen LogP contribution in [0.15, 0.2) is 59.4 Å². The highest BCUT2D eigenvalue weighted by Gasteiger charge is 2.12. The van der Waals surface area contributed by atoms with Crippen LogP contribution in [0.3, 0.4) is 0 Å². The first-order chi connectivity index (χ1) is 11.7. The summed E-state index contributed by atoms with van der Waals surface area (Å²) in [6.07, 6.45) is 0.193. The average molecular weight is 342 g/mol. The molecule has 124 valence electrons. The van der Waals surface area contributed by atoms with Crippen LogP contribution in [-0.2, 0) is 11.3 Å². The fourth-order valence-electron chi connectivity index (χ4n) is 2.46. The van der Waals surface area contributed by atoms with Crippen LogP contribution < -0.4 is 9.77 Å². The number of anilines is 1. The van der Waals surface area contributed by atoms with Gasteiger partial charge in [-0.25, -0.2) is 4.79 Å². The highest BCUT2D eigenvalue weighted by atomic mass is 32.1. The Hall–Kier alpha value is -2.60. The number of carbonyl (C=O) groups excluding carboxylic acids is 1. The van der Waals surface area contributed by atoms with Crippen molar-refractivity contribution >= 4 is 33.3 Å². The lowest BCUT2D eigenvalue weighted by Crippen LogP contribution is -2.27. The van der Waals surface area contributed by atoms with Crippen LogP contribution in [0.25, 0.3) is 10.2 Å². The van der Waals surface area contributed by atoms with Crippen molar-refractivity contribution in [3.05, 3.63) is 64.3 Å². The summed E-state index contributed by atoms with van der Waals surface area (Å²) in [6, 6.07) is 17.0. The fraction of sp³-hybridized carbons (Fsp3) is 0.222. The number of hydrogen-bond acceptors (Lipinski definition) is 4. The number of para-hydroxylation sites is 2. The summed E-state index contributed by atoms with van der Waals surface area (Å²) in [4.78, 5) is 25.5. The molecule has 0 N–H and O–H groups in total. The maximum Gasteiger partial charge on any atom is 0.414 e. The fourth-order valence-corrected chi connectivity index (χ4v) is 3.38. The number of thiazole rings is 1. The molecular weight excluding hydrogens is 324 g/mol.